The topological polar surface area (TPSA) is 98.5 Å². The Hall–Kier alpha value is -2.78. The Morgan fingerprint density at radius 1 is 1.16 bits per heavy atom. The van der Waals surface area contributed by atoms with Crippen molar-refractivity contribution in [2.45, 2.75) is 58.8 Å². The zero-order valence-electron chi connectivity index (χ0n) is 18.5. The number of aliphatic hydroxyl groups excluding tert-OH is 1. The number of nitrogens with zero attached hydrogens (tertiary/aromatic N) is 1. The maximum atomic E-state index is 13.2. The van der Waals surface area contributed by atoms with Crippen LogP contribution in [0, 0.1) is 36.5 Å². The van der Waals surface area contributed by atoms with Crippen LogP contribution in [0.3, 0.4) is 0 Å². The predicted molar refractivity (Wildman–Crippen MR) is 118 cm³/mol. The molecule has 1 saturated heterocycles. The predicted octanol–water partition coefficient (Wildman–Crippen LogP) is 2.70. The molecule has 2 N–H and O–H groups in total. The molecule has 1 heterocycles. The second kappa shape index (κ2) is 9.15. The Bertz CT molecular complexity index is 948. The van der Waals surface area contributed by atoms with Gasteiger partial charge in [0.05, 0.1) is 5.71 Å². The number of aliphatic hydroxyl groups is 1. The van der Waals surface area contributed by atoms with Crippen LogP contribution in [0.25, 0.3) is 0 Å². The molecule has 0 atom stereocenters. The lowest BCUT2D eigenvalue weighted by molar-refractivity contribution is -0.139. The third-order valence-electron chi connectivity index (χ3n) is 6.63. The highest BCUT2D eigenvalue weighted by atomic mass is 16.3. The molecule has 164 valence electrons. The number of hydrogen-bond acceptors (Lipinski definition) is 5. The average Bonchev–Trinajstić information content (AvgIpc) is 2.70. The highest BCUT2D eigenvalue weighted by Gasteiger charge is 2.47. The van der Waals surface area contributed by atoms with Crippen molar-refractivity contribution >= 4 is 23.2 Å². The first kappa shape index (κ1) is 22.9. The first-order valence-corrected chi connectivity index (χ1v) is 10.8. The van der Waals surface area contributed by atoms with Gasteiger partial charge in [-0.2, -0.15) is 0 Å². The molecule has 1 aromatic carbocycles. The van der Waals surface area contributed by atoms with Crippen LogP contribution in [0.2, 0.25) is 0 Å². The zero-order valence-corrected chi connectivity index (χ0v) is 18.5. The van der Waals surface area contributed by atoms with Crippen LogP contribution in [-0.2, 0) is 14.4 Å². The van der Waals surface area contributed by atoms with Gasteiger partial charge in [-0.25, -0.2) is 0 Å². The number of Topliss-reactive ketones (excluding diaryl/α,β-unsaturated/α-hetero) is 2. The summed E-state index contributed by atoms with van der Waals surface area (Å²) < 4.78 is 0. The zero-order chi connectivity index (χ0) is 22.8. The number of likely N-dealkylation sites (tertiary alicyclic amines) is 1. The number of carbonyl (C=O) groups is 3. The third-order valence-corrected chi connectivity index (χ3v) is 6.63. The first-order valence-electron chi connectivity index (χ1n) is 10.8. The molecule has 6 nitrogen and oxygen atoms in total. The summed E-state index contributed by atoms with van der Waals surface area (Å²) in [5.74, 6) is 4.76. The molecular formula is C25H30N2O4. The van der Waals surface area contributed by atoms with Gasteiger partial charge >= 0.3 is 0 Å². The van der Waals surface area contributed by atoms with Gasteiger partial charge in [0.25, 0.3) is 5.91 Å². The summed E-state index contributed by atoms with van der Waals surface area (Å²) in [6.07, 6.45) is 1.89. The van der Waals surface area contributed by atoms with Gasteiger partial charge in [0.1, 0.15) is 17.5 Å². The molecule has 1 aromatic rings. The smallest absolute Gasteiger partial charge is 0.267 e. The number of nitrogens with one attached hydrogen (secondary N) is 1. The van der Waals surface area contributed by atoms with Gasteiger partial charge in [0.2, 0.25) is 0 Å². The van der Waals surface area contributed by atoms with Crippen LogP contribution < -0.4 is 0 Å². The molecule has 0 radical (unpaired) electrons. The minimum atomic E-state index is -0.716. The fourth-order valence-electron chi connectivity index (χ4n) is 5.10. The van der Waals surface area contributed by atoms with Crippen molar-refractivity contribution in [3.05, 3.63) is 34.4 Å². The minimum absolute atomic E-state index is 0.0374. The van der Waals surface area contributed by atoms with Crippen molar-refractivity contribution in [1.82, 2.24) is 4.90 Å². The van der Waals surface area contributed by atoms with E-state index < -0.39 is 11.3 Å². The van der Waals surface area contributed by atoms with Crippen molar-refractivity contribution in [2.24, 2.45) is 5.41 Å². The van der Waals surface area contributed by atoms with Crippen LogP contribution >= 0.6 is 0 Å². The Labute approximate surface area is 183 Å². The van der Waals surface area contributed by atoms with Crippen molar-refractivity contribution in [1.29, 1.82) is 5.41 Å². The van der Waals surface area contributed by atoms with E-state index in [1.807, 2.05) is 26.0 Å². The molecule has 0 unspecified atom stereocenters. The summed E-state index contributed by atoms with van der Waals surface area (Å²) >= 11 is 0. The molecule has 1 aliphatic carbocycles. The summed E-state index contributed by atoms with van der Waals surface area (Å²) in [5, 5.41) is 16.7. The molecule has 31 heavy (non-hydrogen) atoms. The van der Waals surface area contributed by atoms with E-state index in [4.69, 9.17) is 10.5 Å². The third kappa shape index (κ3) is 4.62. The van der Waals surface area contributed by atoms with Crippen LogP contribution in [0.1, 0.15) is 67.2 Å². The lowest BCUT2D eigenvalue weighted by Gasteiger charge is -2.44. The summed E-state index contributed by atoms with van der Waals surface area (Å²) in [6, 6.07) is 3.88. The molecule has 2 fully saturated rings. The standard InChI is InChI=1S/C25H30N2O4/c1-4-5-18-12-16(2)22(17(3)13-18)23-20(29)14-25(15-21(23)30)7-9-27(10-8-25)24(31)19(26)6-11-28/h12-13,23,26,28H,6-11,14-15H2,1-3H3. The van der Waals surface area contributed by atoms with Crippen molar-refractivity contribution in [2.75, 3.05) is 19.7 Å². The molecule has 1 aliphatic heterocycles. The van der Waals surface area contributed by atoms with Gasteiger partial charge in [0, 0.05) is 44.5 Å². The monoisotopic (exact) mass is 422 g/mol. The van der Waals surface area contributed by atoms with E-state index in [2.05, 4.69) is 11.8 Å². The van der Waals surface area contributed by atoms with E-state index >= 15 is 0 Å². The molecule has 0 bridgehead atoms. The SMILES string of the molecule is CC#Cc1cc(C)c(C2C(=O)CC3(CCN(C(=O)C(=N)CCO)CC3)CC2=O)c(C)c1. The molecular weight excluding hydrogens is 392 g/mol. The van der Waals surface area contributed by atoms with E-state index in [0.717, 1.165) is 22.3 Å². The van der Waals surface area contributed by atoms with E-state index in [0.29, 0.717) is 38.8 Å². The highest BCUT2D eigenvalue weighted by molar-refractivity contribution is 6.37. The number of carbonyl (C=O) groups excluding carboxylic acids is 3. The molecule has 0 aromatic heterocycles. The normalized spacial score (nSPS) is 18.6. The van der Waals surface area contributed by atoms with Crippen LogP contribution in [0.5, 0.6) is 0 Å². The first-order chi connectivity index (χ1) is 14.7. The van der Waals surface area contributed by atoms with Gasteiger partial charge in [-0.3, -0.25) is 19.8 Å². The Morgan fingerprint density at radius 2 is 1.71 bits per heavy atom. The minimum Gasteiger partial charge on any atom is -0.396 e. The number of hydrogen-bond donors (Lipinski definition) is 2. The fraction of sp³-hybridized carbons (Fsp3) is 0.520. The summed E-state index contributed by atoms with van der Waals surface area (Å²) in [6.45, 7) is 6.28. The van der Waals surface area contributed by atoms with E-state index in [1.165, 1.54) is 0 Å². The number of aryl methyl sites for hydroxylation is 2. The van der Waals surface area contributed by atoms with Crippen molar-refractivity contribution in [3.63, 3.8) is 0 Å². The Kier molecular flexibility index (Phi) is 6.76. The summed E-state index contributed by atoms with van der Waals surface area (Å²) in [4.78, 5) is 40.3. The van der Waals surface area contributed by atoms with Gasteiger partial charge in [-0.05, 0) is 67.9 Å². The second-order valence-corrected chi connectivity index (χ2v) is 8.86. The van der Waals surface area contributed by atoms with Crippen molar-refractivity contribution < 1.29 is 19.5 Å². The summed E-state index contributed by atoms with van der Waals surface area (Å²) in [7, 11) is 0. The lowest BCUT2D eigenvalue weighted by atomic mass is 9.62. The van der Waals surface area contributed by atoms with E-state index in [9.17, 15) is 14.4 Å². The van der Waals surface area contributed by atoms with Crippen LogP contribution in [-0.4, -0.2) is 52.9 Å². The largest absolute Gasteiger partial charge is 0.396 e. The molecule has 1 amide bonds. The maximum absolute atomic E-state index is 13.2. The van der Waals surface area contributed by atoms with Gasteiger partial charge in [-0.15, -0.1) is 5.92 Å². The fourth-order valence-corrected chi connectivity index (χ4v) is 5.10. The Balaban J connectivity index is 1.75. The van der Waals surface area contributed by atoms with E-state index in [1.54, 1.807) is 11.8 Å². The molecule has 1 saturated carbocycles. The maximum Gasteiger partial charge on any atom is 0.267 e. The van der Waals surface area contributed by atoms with Crippen LogP contribution in [0.15, 0.2) is 12.1 Å². The molecule has 1 spiro atoms. The lowest BCUT2D eigenvalue weighted by Crippen LogP contribution is -2.49. The number of ketones is 2. The van der Waals surface area contributed by atoms with Gasteiger partial charge in [-0.1, -0.05) is 5.92 Å². The van der Waals surface area contributed by atoms with Crippen LogP contribution in [0.4, 0.5) is 0 Å². The van der Waals surface area contributed by atoms with Gasteiger partial charge < -0.3 is 10.0 Å². The second-order valence-electron chi connectivity index (χ2n) is 8.86. The quantitative estimate of drug-likeness (QED) is 0.443. The number of amides is 1. The summed E-state index contributed by atoms with van der Waals surface area (Å²) in [5.41, 5.74) is 3.05. The molecule has 3 rings (SSSR count). The number of benzene rings is 1. The molecule has 6 heteroatoms. The Morgan fingerprint density at radius 3 is 2.19 bits per heavy atom. The number of piperidine rings is 1. The van der Waals surface area contributed by atoms with E-state index in [-0.39, 0.29) is 36.2 Å². The molecule has 2 aliphatic rings. The average molecular weight is 423 g/mol. The van der Waals surface area contributed by atoms with Crippen molar-refractivity contribution in [3.8, 4) is 11.8 Å². The van der Waals surface area contributed by atoms with Gasteiger partial charge in [0.15, 0.2) is 0 Å². The highest BCUT2D eigenvalue weighted by Crippen LogP contribution is 2.46. The number of rotatable bonds is 4.